The van der Waals surface area contributed by atoms with Crippen molar-refractivity contribution in [2.24, 2.45) is 4.99 Å². The Morgan fingerprint density at radius 1 is 0.906 bits per heavy atom. The average molecular weight is 510 g/mol. The molecule has 0 aliphatic carbocycles. The van der Waals surface area contributed by atoms with Crippen molar-refractivity contribution in [3.63, 3.8) is 0 Å². The minimum atomic E-state index is 0. The fourth-order valence-corrected chi connectivity index (χ4v) is 3.81. The Balaban J connectivity index is 0.00000181. The van der Waals surface area contributed by atoms with Gasteiger partial charge in [-0.05, 0) is 53.1 Å². The van der Waals surface area contributed by atoms with Crippen LogP contribution in [0.4, 0.5) is 5.69 Å². The Morgan fingerprint density at radius 2 is 1.69 bits per heavy atom. The van der Waals surface area contributed by atoms with Crippen LogP contribution in [0.15, 0.2) is 71.7 Å². The van der Waals surface area contributed by atoms with Crippen LogP contribution >= 0.6 is 48.0 Å². The second-order valence-electron chi connectivity index (χ2n) is 7.16. The van der Waals surface area contributed by atoms with Gasteiger partial charge in [-0.1, -0.05) is 59.6 Å². The first-order valence-electron chi connectivity index (χ1n) is 9.73. The second-order valence-corrected chi connectivity index (χ2v) is 7.97. The molecule has 168 valence electrons. The first-order valence-corrected chi connectivity index (χ1v) is 10.5. The molecular formula is C25H24Cl4N2O. The van der Waals surface area contributed by atoms with Gasteiger partial charge in [-0.2, -0.15) is 0 Å². The Kier molecular flexibility index (Phi) is 9.47. The third-order valence-corrected chi connectivity index (χ3v) is 5.92. The van der Waals surface area contributed by atoms with E-state index in [2.05, 4.69) is 42.3 Å². The van der Waals surface area contributed by atoms with E-state index in [-0.39, 0.29) is 24.8 Å². The fraction of sp³-hybridized carbons (Fsp3) is 0.160. The Labute approximate surface area is 211 Å². The van der Waals surface area contributed by atoms with Crippen LogP contribution in [0.5, 0.6) is 5.75 Å². The largest absolute Gasteiger partial charge is 0.497 e. The van der Waals surface area contributed by atoms with Crippen molar-refractivity contribution < 1.29 is 4.74 Å². The smallest absolute Gasteiger partial charge is 0.119 e. The number of aliphatic imine (C=N–C) groups is 1. The summed E-state index contributed by atoms with van der Waals surface area (Å²) in [6.45, 7) is 1.60. The molecule has 1 aliphatic heterocycles. The Morgan fingerprint density at radius 3 is 2.44 bits per heavy atom. The van der Waals surface area contributed by atoms with Gasteiger partial charge >= 0.3 is 0 Å². The minimum absolute atomic E-state index is 0. The molecule has 32 heavy (non-hydrogen) atoms. The summed E-state index contributed by atoms with van der Waals surface area (Å²) in [5.74, 6) is 0.850. The molecule has 0 bridgehead atoms. The van der Waals surface area contributed by atoms with E-state index in [1.165, 1.54) is 0 Å². The lowest BCUT2D eigenvalue weighted by molar-refractivity contribution is 0.415. The molecule has 0 spiro atoms. The summed E-state index contributed by atoms with van der Waals surface area (Å²) >= 11 is 12.2. The van der Waals surface area contributed by atoms with E-state index in [0.717, 1.165) is 52.5 Å². The van der Waals surface area contributed by atoms with Crippen LogP contribution in [0.3, 0.4) is 0 Å². The predicted molar refractivity (Wildman–Crippen MR) is 143 cm³/mol. The number of ether oxygens (including phenoxy) is 1. The summed E-state index contributed by atoms with van der Waals surface area (Å²) in [4.78, 5) is 7.06. The van der Waals surface area contributed by atoms with E-state index >= 15 is 0 Å². The van der Waals surface area contributed by atoms with Gasteiger partial charge in [0.15, 0.2) is 0 Å². The van der Waals surface area contributed by atoms with Gasteiger partial charge in [0.2, 0.25) is 0 Å². The number of hydrogen-bond acceptors (Lipinski definition) is 3. The van der Waals surface area contributed by atoms with E-state index in [0.29, 0.717) is 10.0 Å². The van der Waals surface area contributed by atoms with Crippen LogP contribution in [0.25, 0.3) is 17.2 Å². The highest BCUT2D eigenvalue weighted by Crippen LogP contribution is 2.31. The zero-order valence-corrected chi connectivity index (χ0v) is 20.9. The number of benzodiazepines with no additional fused rings is 1. The Hall–Kier alpha value is -2.17. The number of fused-ring (bicyclic) bond motifs is 1. The molecule has 7 heteroatoms. The third-order valence-electron chi connectivity index (χ3n) is 5.18. The number of nitrogens with zero attached hydrogens (tertiary/aromatic N) is 2. The molecule has 0 atom stereocenters. The van der Waals surface area contributed by atoms with Crippen molar-refractivity contribution in [2.45, 2.75) is 0 Å². The highest BCUT2D eigenvalue weighted by atomic mass is 35.5. The summed E-state index contributed by atoms with van der Waals surface area (Å²) in [5.41, 5.74) is 6.48. The van der Waals surface area contributed by atoms with Crippen LogP contribution in [0.1, 0.15) is 11.1 Å². The number of hydrogen-bond donors (Lipinski definition) is 0. The Bertz CT molecular complexity index is 1140. The van der Waals surface area contributed by atoms with Crippen molar-refractivity contribution >= 4 is 65.5 Å². The summed E-state index contributed by atoms with van der Waals surface area (Å²) in [6.07, 6.45) is 4.06. The van der Waals surface area contributed by atoms with Crippen LogP contribution in [-0.2, 0) is 0 Å². The summed E-state index contributed by atoms with van der Waals surface area (Å²) < 4.78 is 5.38. The van der Waals surface area contributed by atoms with Crippen LogP contribution in [-0.4, -0.2) is 33.0 Å². The van der Waals surface area contributed by atoms with Crippen LogP contribution in [0.2, 0.25) is 10.0 Å². The number of allylic oxidation sites excluding steroid dienone is 1. The van der Waals surface area contributed by atoms with E-state index < -0.39 is 0 Å². The molecule has 3 nitrogen and oxygen atoms in total. The van der Waals surface area contributed by atoms with Gasteiger partial charge in [-0.3, -0.25) is 4.99 Å². The lowest BCUT2D eigenvalue weighted by Crippen LogP contribution is -2.20. The molecule has 3 aromatic carbocycles. The molecule has 0 unspecified atom stereocenters. The van der Waals surface area contributed by atoms with Gasteiger partial charge in [0.1, 0.15) is 5.75 Å². The van der Waals surface area contributed by atoms with Crippen molar-refractivity contribution in [1.82, 2.24) is 0 Å². The van der Waals surface area contributed by atoms with E-state index in [4.69, 9.17) is 32.9 Å². The molecule has 0 radical (unpaired) electrons. The molecule has 0 saturated carbocycles. The van der Waals surface area contributed by atoms with E-state index in [1.54, 1.807) is 13.2 Å². The fourth-order valence-electron chi connectivity index (χ4n) is 3.51. The maximum atomic E-state index is 6.15. The molecule has 0 N–H and O–H groups in total. The lowest BCUT2D eigenvalue weighted by Gasteiger charge is -2.20. The lowest BCUT2D eigenvalue weighted by atomic mass is 9.99. The van der Waals surface area contributed by atoms with Gasteiger partial charge in [0.25, 0.3) is 0 Å². The second kappa shape index (κ2) is 11.6. The maximum Gasteiger partial charge on any atom is 0.119 e. The number of anilines is 1. The van der Waals surface area contributed by atoms with Crippen molar-refractivity contribution in [3.8, 4) is 16.9 Å². The van der Waals surface area contributed by atoms with Gasteiger partial charge in [-0.15, -0.1) is 24.8 Å². The molecule has 0 saturated heterocycles. The van der Waals surface area contributed by atoms with Gasteiger partial charge in [-0.25, -0.2) is 0 Å². The molecule has 0 aromatic heterocycles. The predicted octanol–water partition coefficient (Wildman–Crippen LogP) is 7.46. The van der Waals surface area contributed by atoms with Crippen molar-refractivity contribution in [3.05, 3.63) is 87.9 Å². The summed E-state index contributed by atoms with van der Waals surface area (Å²) in [5, 5.41) is 1.10. The third kappa shape index (κ3) is 5.79. The number of likely N-dealkylation sites (N-methyl/N-ethyl adjacent to an activating group) is 1. The van der Waals surface area contributed by atoms with Crippen LogP contribution in [0, 0.1) is 0 Å². The molecule has 0 amide bonds. The summed E-state index contributed by atoms with van der Waals surface area (Å²) in [6, 6.07) is 20.2. The van der Waals surface area contributed by atoms with E-state index in [1.807, 2.05) is 36.4 Å². The first-order chi connectivity index (χ1) is 14.5. The summed E-state index contributed by atoms with van der Waals surface area (Å²) in [7, 11) is 3.79. The molecule has 3 aromatic rings. The van der Waals surface area contributed by atoms with Crippen molar-refractivity contribution in [1.29, 1.82) is 0 Å². The van der Waals surface area contributed by atoms with Crippen molar-refractivity contribution in [2.75, 3.05) is 32.1 Å². The average Bonchev–Trinajstić information content (AvgIpc) is 2.93. The highest BCUT2D eigenvalue weighted by Gasteiger charge is 2.16. The maximum absolute atomic E-state index is 6.15. The normalized spacial score (nSPS) is 12.9. The topological polar surface area (TPSA) is 24.8 Å². The number of rotatable bonds is 4. The molecule has 0 fully saturated rings. The molecular weight excluding hydrogens is 486 g/mol. The van der Waals surface area contributed by atoms with Gasteiger partial charge in [0.05, 0.1) is 29.4 Å². The number of benzene rings is 3. The molecule has 1 heterocycles. The standard InChI is InChI=1S/C25H22Cl2N2O.2ClH/c1-29-13-12-28-24(11-7-17-6-10-22(26)23(27)14-17)21-9-8-19(16-25(21)29)18-4-3-5-20(15-18)30-2;;/h3-11,14-16H,12-13H2,1-2H3;2*1H. The van der Waals surface area contributed by atoms with Crippen LogP contribution < -0.4 is 9.64 Å². The number of halogens is 4. The molecule has 1 aliphatic rings. The minimum Gasteiger partial charge on any atom is -0.497 e. The number of methoxy groups -OCH3 is 1. The molecule has 4 rings (SSSR count). The first kappa shape index (κ1) is 26.1. The zero-order valence-electron chi connectivity index (χ0n) is 17.7. The quantitative estimate of drug-likeness (QED) is 0.364. The van der Waals surface area contributed by atoms with Gasteiger partial charge in [0, 0.05) is 24.8 Å². The monoisotopic (exact) mass is 508 g/mol. The van der Waals surface area contributed by atoms with E-state index in [9.17, 15) is 0 Å². The SMILES string of the molecule is COc1cccc(-c2ccc3c(c2)N(C)CCN=C3C=Cc2ccc(Cl)c(Cl)c2)c1.Cl.Cl. The zero-order chi connectivity index (χ0) is 21.1. The highest BCUT2D eigenvalue weighted by molar-refractivity contribution is 6.42. The van der Waals surface area contributed by atoms with Gasteiger partial charge < -0.3 is 9.64 Å².